The van der Waals surface area contributed by atoms with Crippen LogP contribution in [0.15, 0.2) is 36.4 Å². The van der Waals surface area contributed by atoms with Gasteiger partial charge in [-0.25, -0.2) is 0 Å². The highest BCUT2D eigenvalue weighted by molar-refractivity contribution is 5.98. The molecule has 5 heteroatoms. The Morgan fingerprint density at radius 1 is 1.29 bits per heavy atom. The zero-order valence-electron chi connectivity index (χ0n) is 11.4. The zero-order chi connectivity index (χ0) is 15.0. The molecule has 106 valence electrons. The minimum Gasteiger partial charge on any atom is -0.480 e. The summed E-state index contributed by atoms with van der Waals surface area (Å²) in [6.45, 7) is 0.872. The molecule has 1 aliphatic rings. The number of anilines is 1. The average Bonchev–Trinajstić information content (AvgIpc) is 2.90. The van der Waals surface area contributed by atoms with Crippen LogP contribution in [0.3, 0.4) is 0 Å². The largest absolute Gasteiger partial charge is 0.480 e. The van der Waals surface area contributed by atoms with Crippen molar-refractivity contribution < 1.29 is 9.90 Å². The van der Waals surface area contributed by atoms with Crippen LogP contribution < -0.4 is 10.6 Å². The van der Waals surface area contributed by atoms with Crippen LogP contribution in [-0.2, 0) is 4.79 Å². The van der Waals surface area contributed by atoms with E-state index >= 15 is 0 Å². The minimum atomic E-state index is -1.20. The van der Waals surface area contributed by atoms with Gasteiger partial charge in [0.2, 0.25) is 0 Å². The molecule has 1 unspecified atom stereocenters. The maximum absolute atomic E-state index is 11.3. The standard InChI is InChI=1S/C16H15N3O2/c17-9-11-5-6-14(13-4-2-1-3-12(11)13)19-8-7-16(18,10-19)15(20)21/h1-6H,7-8,10,18H2,(H,20,21). The number of fused-ring (bicyclic) bond motifs is 1. The highest BCUT2D eigenvalue weighted by Crippen LogP contribution is 2.33. The maximum Gasteiger partial charge on any atom is 0.325 e. The molecule has 1 fully saturated rings. The Morgan fingerprint density at radius 2 is 2.00 bits per heavy atom. The quantitative estimate of drug-likeness (QED) is 0.874. The smallest absolute Gasteiger partial charge is 0.325 e. The van der Waals surface area contributed by atoms with E-state index in [0.29, 0.717) is 18.5 Å². The lowest BCUT2D eigenvalue weighted by Crippen LogP contribution is -2.50. The van der Waals surface area contributed by atoms with Crippen molar-refractivity contribution in [3.05, 3.63) is 42.0 Å². The second kappa shape index (κ2) is 4.76. The predicted octanol–water partition coefficient (Wildman–Crippen LogP) is 1.70. The first-order chi connectivity index (χ1) is 10.0. The summed E-state index contributed by atoms with van der Waals surface area (Å²) in [7, 11) is 0. The average molecular weight is 281 g/mol. The van der Waals surface area contributed by atoms with Gasteiger partial charge in [0, 0.05) is 29.5 Å². The summed E-state index contributed by atoms with van der Waals surface area (Å²) in [6.07, 6.45) is 0.413. The van der Waals surface area contributed by atoms with Gasteiger partial charge in [0.05, 0.1) is 11.6 Å². The van der Waals surface area contributed by atoms with Gasteiger partial charge in [0.1, 0.15) is 5.54 Å². The second-order valence-electron chi connectivity index (χ2n) is 5.42. The van der Waals surface area contributed by atoms with Crippen LogP contribution in [0.25, 0.3) is 10.8 Å². The summed E-state index contributed by atoms with van der Waals surface area (Å²) < 4.78 is 0. The van der Waals surface area contributed by atoms with Crippen LogP contribution >= 0.6 is 0 Å². The lowest BCUT2D eigenvalue weighted by atomic mass is 10.0. The third kappa shape index (κ3) is 2.10. The van der Waals surface area contributed by atoms with Gasteiger partial charge in [-0.15, -0.1) is 0 Å². The summed E-state index contributed by atoms with van der Waals surface area (Å²) in [6, 6.07) is 13.5. The van der Waals surface area contributed by atoms with Crippen molar-refractivity contribution in [1.82, 2.24) is 0 Å². The van der Waals surface area contributed by atoms with Crippen molar-refractivity contribution in [1.29, 1.82) is 5.26 Å². The SMILES string of the molecule is N#Cc1ccc(N2CCC(N)(C(=O)O)C2)c2ccccc12. The first-order valence-corrected chi connectivity index (χ1v) is 6.74. The fraction of sp³-hybridized carbons (Fsp3) is 0.250. The fourth-order valence-electron chi connectivity index (χ4n) is 2.87. The summed E-state index contributed by atoms with van der Waals surface area (Å²) >= 11 is 0. The first kappa shape index (κ1) is 13.4. The van der Waals surface area contributed by atoms with Crippen LogP contribution in [0.1, 0.15) is 12.0 Å². The molecule has 0 aromatic heterocycles. The Labute approximate surface area is 122 Å². The van der Waals surface area contributed by atoms with Gasteiger partial charge >= 0.3 is 5.97 Å². The van der Waals surface area contributed by atoms with Crippen LogP contribution in [0, 0.1) is 11.3 Å². The van der Waals surface area contributed by atoms with Gasteiger partial charge in [-0.1, -0.05) is 24.3 Å². The maximum atomic E-state index is 11.3. The molecule has 0 saturated carbocycles. The molecular formula is C16H15N3O2. The van der Waals surface area contributed by atoms with E-state index in [9.17, 15) is 15.2 Å². The first-order valence-electron chi connectivity index (χ1n) is 6.74. The van der Waals surface area contributed by atoms with Crippen LogP contribution in [0.2, 0.25) is 0 Å². The number of nitrogens with two attached hydrogens (primary N) is 1. The number of rotatable bonds is 2. The molecule has 0 amide bonds. The number of nitriles is 1. The highest BCUT2D eigenvalue weighted by atomic mass is 16.4. The molecule has 0 radical (unpaired) electrons. The van der Waals surface area contributed by atoms with Gasteiger partial charge in [0.25, 0.3) is 0 Å². The molecule has 2 aromatic rings. The van der Waals surface area contributed by atoms with Gasteiger partial charge in [0.15, 0.2) is 0 Å². The van der Waals surface area contributed by atoms with Gasteiger partial charge < -0.3 is 15.7 Å². The molecule has 3 rings (SSSR count). The lowest BCUT2D eigenvalue weighted by molar-refractivity contribution is -0.142. The number of hydrogen-bond donors (Lipinski definition) is 2. The van der Waals surface area contributed by atoms with E-state index in [-0.39, 0.29) is 6.54 Å². The third-order valence-corrected chi connectivity index (χ3v) is 4.09. The number of carbonyl (C=O) groups is 1. The molecular weight excluding hydrogens is 266 g/mol. The monoisotopic (exact) mass is 281 g/mol. The normalized spacial score (nSPS) is 21.4. The fourth-order valence-corrected chi connectivity index (χ4v) is 2.87. The van der Waals surface area contributed by atoms with E-state index in [4.69, 9.17) is 5.73 Å². The number of aliphatic carboxylic acids is 1. The molecule has 3 N–H and O–H groups in total. The van der Waals surface area contributed by atoms with Crippen LogP contribution in [0.5, 0.6) is 0 Å². The van der Waals surface area contributed by atoms with E-state index in [1.54, 1.807) is 6.07 Å². The van der Waals surface area contributed by atoms with E-state index in [1.165, 1.54) is 0 Å². The summed E-state index contributed by atoms with van der Waals surface area (Å²) in [5, 5.41) is 20.3. The zero-order valence-corrected chi connectivity index (χ0v) is 11.4. The van der Waals surface area contributed by atoms with E-state index in [2.05, 4.69) is 6.07 Å². The molecule has 2 aromatic carbocycles. The second-order valence-corrected chi connectivity index (χ2v) is 5.42. The lowest BCUT2D eigenvalue weighted by Gasteiger charge is -2.23. The third-order valence-electron chi connectivity index (χ3n) is 4.09. The Bertz CT molecular complexity index is 766. The molecule has 0 aliphatic carbocycles. The van der Waals surface area contributed by atoms with Crippen molar-refractivity contribution in [3.63, 3.8) is 0 Å². The molecule has 1 heterocycles. The number of carboxylic acids is 1. The minimum absolute atomic E-state index is 0.276. The van der Waals surface area contributed by atoms with Crippen molar-refractivity contribution in [2.75, 3.05) is 18.0 Å². The van der Waals surface area contributed by atoms with E-state index in [0.717, 1.165) is 16.5 Å². The van der Waals surface area contributed by atoms with Crippen molar-refractivity contribution >= 4 is 22.4 Å². The van der Waals surface area contributed by atoms with Crippen molar-refractivity contribution in [2.24, 2.45) is 5.73 Å². The molecule has 1 aliphatic heterocycles. The molecule has 0 bridgehead atoms. The van der Waals surface area contributed by atoms with Gasteiger partial charge in [-0.2, -0.15) is 5.26 Å². The molecule has 5 nitrogen and oxygen atoms in total. The topological polar surface area (TPSA) is 90.4 Å². The highest BCUT2D eigenvalue weighted by Gasteiger charge is 2.41. The van der Waals surface area contributed by atoms with Crippen molar-refractivity contribution in [2.45, 2.75) is 12.0 Å². The number of benzene rings is 2. The summed E-state index contributed by atoms with van der Waals surface area (Å²) in [4.78, 5) is 13.3. The summed E-state index contributed by atoms with van der Waals surface area (Å²) in [5.74, 6) is -0.969. The van der Waals surface area contributed by atoms with E-state index in [1.807, 2.05) is 35.2 Å². The molecule has 1 atom stereocenters. The van der Waals surface area contributed by atoms with Crippen LogP contribution in [0.4, 0.5) is 5.69 Å². The summed E-state index contributed by atoms with van der Waals surface area (Å²) in [5.41, 5.74) is 6.28. The van der Waals surface area contributed by atoms with Crippen molar-refractivity contribution in [3.8, 4) is 6.07 Å². The Kier molecular flexibility index (Phi) is 3.04. The van der Waals surface area contributed by atoms with Gasteiger partial charge in [-0.05, 0) is 18.6 Å². The van der Waals surface area contributed by atoms with E-state index < -0.39 is 11.5 Å². The molecule has 1 saturated heterocycles. The molecule has 21 heavy (non-hydrogen) atoms. The Balaban J connectivity index is 2.07. The Hall–Kier alpha value is -2.58. The van der Waals surface area contributed by atoms with Gasteiger partial charge in [-0.3, -0.25) is 4.79 Å². The number of nitrogens with zero attached hydrogens (tertiary/aromatic N) is 2. The molecule has 0 spiro atoms. The van der Waals surface area contributed by atoms with Crippen LogP contribution in [-0.4, -0.2) is 29.7 Å². The predicted molar refractivity (Wildman–Crippen MR) is 80.0 cm³/mol. The Morgan fingerprint density at radius 3 is 2.62 bits per heavy atom. The number of hydrogen-bond acceptors (Lipinski definition) is 4. The number of carboxylic acid groups (broad SMARTS) is 1.